The molecule has 0 bridgehead atoms. The number of nitrogens with zero attached hydrogens (tertiary/aromatic N) is 2. The number of halogens is 1. The zero-order valence-corrected chi connectivity index (χ0v) is 18.2. The maximum absolute atomic E-state index is 13.6. The molecule has 0 saturated heterocycles. The molecule has 1 heterocycles. The lowest BCUT2D eigenvalue weighted by Crippen LogP contribution is -2.48. The summed E-state index contributed by atoms with van der Waals surface area (Å²) in [7, 11) is -3.76. The zero-order valence-electron chi connectivity index (χ0n) is 17.3. The molecule has 3 rings (SSSR count). The van der Waals surface area contributed by atoms with Crippen molar-refractivity contribution < 1.29 is 17.6 Å². The van der Waals surface area contributed by atoms with Crippen molar-refractivity contribution in [3.05, 3.63) is 59.9 Å². The van der Waals surface area contributed by atoms with Gasteiger partial charge in [0, 0.05) is 25.3 Å². The average molecular weight is 434 g/mol. The molecule has 0 aromatic heterocycles. The molecule has 6 nitrogen and oxygen atoms in total. The third-order valence-corrected chi connectivity index (χ3v) is 6.50. The van der Waals surface area contributed by atoms with Crippen LogP contribution < -0.4 is 14.5 Å². The molecule has 1 aliphatic rings. The highest BCUT2D eigenvalue weighted by Gasteiger charge is 2.29. The van der Waals surface area contributed by atoms with Crippen LogP contribution in [-0.4, -0.2) is 46.3 Å². The smallest absolute Gasteiger partial charge is 0.243 e. The van der Waals surface area contributed by atoms with Crippen LogP contribution in [0.15, 0.2) is 48.5 Å². The lowest BCUT2D eigenvalue weighted by molar-refractivity contribution is -0.121. The van der Waals surface area contributed by atoms with Gasteiger partial charge >= 0.3 is 0 Å². The quantitative estimate of drug-likeness (QED) is 0.650. The number of sulfonamides is 1. The van der Waals surface area contributed by atoms with Crippen LogP contribution in [0, 0.1) is 5.82 Å². The van der Waals surface area contributed by atoms with Gasteiger partial charge in [-0.15, -0.1) is 0 Å². The molecule has 8 heteroatoms. The number of hydrogen-bond acceptors (Lipinski definition) is 4. The number of nitrogens with one attached hydrogen (secondary N) is 1. The molecule has 0 radical (unpaired) electrons. The van der Waals surface area contributed by atoms with Crippen LogP contribution in [0.5, 0.6) is 0 Å². The van der Waals surface area contributed by atoms with Crippen molar-refractivity contribution in [2.24, 2.45) is 0 Å². The number of carbonyl (C=O) groups is 1. The SMILES string of the molecule is C[C@@H](C(=O)NCCCN1CCCc2ccccc21)N(c1cccc(F)c1)S(C)(=O)=O. The Morgan fingerprint density at radius 2 is 2.00 bits per heavy atom. The van der Waals surface area contributed by atoms with E-state index in [2.05, 4.69) is 28.4 Å². The van der Waals surface area contributed by atoms with Gasteiger partial charge < -0.3 is 10.2 Å². The fourth-order valence-corrected chi connectivity index (χ4v) is 5.06. The normalized spacial score (nSPS) is 14.7. The largest absolute Gasteiger partial charge is 0.371 e. The first-order chi connectivity index (χ1) is 14.3. The van der Waals surface area contributed by atoms with Gasteiger partial charge in [0.1, 0.15) is 11.9 Å². The maximum Gasteiger partial charge on any atom is 0.243 e. The summed E-state index contributed by atoms with van der Waals surface area (Å²) in [6.07, 6.45) is 3.95. The molecule has 1 N–H and O–H groups in total. The van der Waals surface area contributed by atoms with E-state index in [0.29, 0.717) is 6.54 Å². The molecule has 30 heavy (non-hydrogen) atoms. The molecule has 1 atom stereocenters. The minimum absolute atomic E-state index is 0.130. The van der Waals surface area contributed by atoms with E-state index in [-0.39, 0.29) is 5.69 Å². The zero-order chi connectivity index (χ0) is 21.7. The number of carbonyl (C=O) groups excluding carboxylic acids is 1. The summed E-state index contributed by atoms with van der Waals surface area (Å²) in [6.45, 7) is 3.74. The van der Waals surface area contributed by atoms with E-state index in [1.165, 1.54) is 36.4 Å². The third-order valence-electron chi connectivity index (χ3n) is 5.26. The predicted molar refractivity (Wildman–Crippen MR) is 118 cm³/mol. The first kappa shape index (κ1) is 22.1. The van der Waals surface area contributed by atoms with Gasteiger partial charge in [-0.1, -0.05) is 24.3 Å². The third kappa shape index (κ3) is 5.30. The molecule has 162 valence electrons. The highest BCUT2D eigenvalue weighted by atomic mass is 32.2. The predicted octanol–water partition coefficient (Wildman–Crippen LogP) is 2.94. The van der Waals surface area contributed by atoms with Crippen molar-refractivity contribution in [3.8, 4) is 0 Å². The van der Waals surface area contributed by atoms with Crippen molar-refractivity contribution >= 4 is 27.3 Å². The van der Waals surface area contributed by atoms with Crippen LogP contribution in [0.2, 0.25) is 0 Å². The van der Waals surface area contributed by atoms with Gasteiger partial charge in [0.15, 0.2) is 0 Å². The van der Waals surface area contributed by atoms with Gasteiger partial charge in [0.05, 0.1) is 11.9 Å². The van der Waals surface area contributed by atoms with E-state index in [1.807, 2.05) is 6.07 Å². The molecular formula is C22H28FN3O3S. The second-order valence-corrected chi connectivity index (χ2v) is 9.44. The molecule has 1 aliphatic heterocycles. The lowest BCUT2D eigenvalue weighted by Gasteiger charge is -2.31. The number of aryl methyl sites for hydroxylation is 1. The Hall–Kier alpha value is -2.61. The second-order valence-electron chi connectivity index (χ2n) is 7.58. The van der Waals surface area contributed by atoms with Gasteiger partial charge in [0.2, 0.25) is 15.9 Å². The average Bonchev–Trinajstić information content (AvgIpc) is 2.70. The van der Waals surface area contributed by atoms with Crippen LogP contribution >= 0.6 is 0 Å². The van der Waals surface area contributed by atoms with E-state index in [1.54, 1.807) is 0 Å². The van der Waals surface area contributed by atoms with Gasteiger partial charge in [0.25, 0.3) is 0 Å². The van der Waals surface area contributed by atoms with E-state index >= 15 is 0 Å². The number of rotatable bonds is 8. The van der Waals surface area contributed by atoms with Crippen LogP contribution in [0.25, 0.3) is 0 Å². The van der Waals surface area contributed by atoms with Crippen molar-refractivity contribution in [2.45, 2.75) is 32.2 Å². The van der Waals surface area contributed by atoms with Crippen LogP contribution in [-0.2, 0) is 21.2 Å². The number of fused-ring (bicyclic) bond motifs is 1. The number of hydrogen-bond donors (Lipinski definition) is 1. The molecule has 0 spiro atoms. The lowest BCUT2D eigenvalue weighted by atomic mass is 10.0. The Kier molecular flexibility index (Phi) is 6.97. The van der Waals surface area contributed by atoms with E-state index in [0.717, 1.165) is 49.0 Å². The highest BCUT2D eigenvalue weighted by Crippen LogP contribution is 2.26. The summed E-state index contributed by atoms with van der Waals surface area (Å²) in [6, 6.07) is 12.6. The fraction of sp³-hybridized carbons (Fsp3) is 0.409. The summed E-state index contributed by atoms with van der Waals surface area (Å²) in [5, 5.41) is 2.82. The second kappa shape index (κ2) is 9.47. The molecule has 0 aliphatic carbocycles. The summed E-state index contributed by atoms with van der Waals surface area (Å²) >= 11 is 0. The maximum atomic E-state index is 13.6. The van der Waals surface area contributed by atoms with Crippen LogP contribution in [0.1, 0.15) is 25.3 Å². The summed E-state index contributed by atoms with van der Waals surface area (Å²) < 4.78 is 39.1. The van der Waals surface area contributed by atoms with Crippen molar-refractivity contribution in [2.75, 3.05) is 35.1 Å². The Bertz CT molecular complexity index is 997. The Morgan fingerprint density at radius 3 is 2.73 bits per heavy atom. The van der Waals surface area contributed by atoms with Gasteiger partial charge in [-0.2, -0.15) is 0 Å². The van der Waals surface area contributed by atoms with Gasteiger partial charge in [-0.3, -0.25) is 9.10 Å². The first-order valence-electron chi connectivity index (χ1n) is 10.1. The van der Waals surface area contributed by atoms with Crippen molar-refractivity contribution in [3.63, 3.8) is 0 Å². The van der Waals surface area contributed by atoms with Gasteiger partial charge in [-0.05, 0) is 56.0 Å². The monoisotopic (exact) mass is 433 g/mol. The summed E-state index contributed by atoms with van der Waals surface area (Å²) in [5.41, 5.74) is 2.73. The molecule has 0 saturated carbocycles. The summed E-state index contributed by atoms with van der Waals surface area (Å²) in [4.78, 5) is 14.9. The minimum Gasteiger partial charge on any atom is -0.371 e. The van der Waals surface area contributed by atoms with E-state index in [4.69, 9.17) is 0 Å². The van der Waals surface area contributed by atoms with Crippen LogP contribution in [0.3, 0.4) is 0 Å². The molecule has 0 fully saturated rings. The van der Waals surface area contributed by atoms with Crippen molar-refractivity contribution in [1.82, 2.24) is 5.32 Å². The van der Waals surface area contributed by atoms with E-state index in [9.17, 15) is 17.6 Å². The molecule has 2 aromatic carbocycles. The number of anilines is 2. The highest BCUT2D eigenvalue weighted by molar-refractivity contribution is 7.92. The Labute approximate surface area is 177 Å². The standard InChI is InChI=1S/C22H28FN3O3S/c1-17(26(30(2,28)29)20-11-5-10-19(23)16-20)22(27)24-13-7-15-25-14-6-9-18-8-3-4-12-21(18)25/h3-5,8,10-12,16-17H,6-7,9,13-15H2,1-2H3,(H,24,27)/t17-/m0/s1. The topological polar surface area (TPSA) is 69.7 Å². The van der Waals surface area contributed by atoms with E-state index < -0.39 is 27.8 Å². The number of para-hydroxylation sites is 1. The van der Waals surface area contributed by atoms with Crippen LogP contribution in [0.4, 0.5) is 15.8 Å². The minimum atomic E-state index is -3.76. The Morgan fingerprint density at radius 1 is 1.23 bits per heavy atom. The number of benzene rings is 2. The van der Waals surface area contributed by atoms with Crippen molar-refractivity contribution in [1.29, 1.82) is 0 Å². The molecule has 2 aromatic rings. The molecule has 1 amide bonds. The first-order valence-corrected chi connectivity index (χ1v) is 12.0. The fourth-order valence-electron chi connectivity index (χ4n) is 3.90. The summed E-state index contributed by atoms with van der Waals surface area (Å²) in [5.74, 6) is -0.973. The van der Waals surface area contributed by atoms with Gasteiger partial charge in [-0.25, -0.2) is 12.8 Å². The molecule has 0 unspecified atom stereocenters. The Balaban J connectivity index is 1.57. The molecular weight excluding hydrogens is 405 g/mol. The number of amides is 1.